The number of carbonyl (C=O) groups excluding carboxylic acids is 2. The van der Waals surface area contributed by atoms with Crippen molar-refractivity contribution in [2.45, 2.75) is 57.8 Å². The third-order valence-corrected chi connectivity index (χ3v) is 6.09. The molecular weight excluding hydrogens is 368 g/mol. The van der Waals surface area contributed by atoms with E-state index in [9.17, 15) is 9.59 Å². The predicted octanol–water partition coefficient (Wildman–Crippen LogP) is 2.69. The molecule has 3 heterocycles. The number of nitrogens with zero attached hydrogens (tertiary/aromatic N) is 4. The van der Waals surface area contributed by atoms with E-state index in [2.05, 4.69) is 20.9 Å². The summed E-state index contributed by atoms with van der Waals surface area (Å²) in [6.45, 7) is 2.02. The van der Waals surface area contributed by atoms with E-state index in [1.807, 2.05) is 12.1 Å². The molecule has 1 saturated carbocycles. The fraction of sp³-hybridized carbons (Fsp3) is 0.619. The fourth-order valence-corrected chi connectivity index (χ4v) is 4.41. The third kappa shape index (κ3) is 4.36. The van der Waals surface area contributed by atoms with Crippen molar-refractivity contribution in [2.24, 2.45) is 13.0 Å². The van der Waals surface area contributed by atoms with E-state index in [-0.39, 0.29) is 17.5 Å². The molecule has 2 aromatic heterocycles. The van der Waals surface area contributed by atoms with Crippen molar-refractivity contribution in [1.82, 2.24) is 25.6 Å². The summed E-state index contributed by atoms with van der Waals surface area (Å²) < 4.78 is 1.63. The molecule has 1 aliphatic carbocycles. The molecule has 0 aromatic carbocycles. The lowest BCUT2D eigenvalue weighted by molar-refractivity contribution is -0.126. The van der Waals surface area contributed by atoms with E-state index in [1.54, 1.807) is 11.7 Å². The summed E-state index contributed by atoms with van der Waals surface area (Å²) in [4.78, 5) is 32.0. The van der Waals surface area contributed by atoms with Gasteiger partial charge in [0, 0.05) is 26.1 Å². The SMILES string of the molecule is Cn1nc(C(=O)NNC(=O)C2CCCCC2)c2ccc(N3CCCCCC3)nc21. The van der Waals surface area contributed by atoms with Gasteiger partial charge >= 0.3 is 0 Å². The van der Waals surface area contributed by atoms with E-state index in [0.29, 0.717) is 11.0 Å². The monoisotopic (exact) mass is 398 g/mol. The van der Waals surface area contributed by atoms with Crippen LogP contribution in [0.15, 0.2) is 12.1 Å². The molecule has 0 bridgehead atoms. The van der Waals surface area contributed by atoms with Crippen molar-refractivity contribution < 1.29 is 9.59 Å². The highest BCUT2D eigenvalue weighted by Gasteiger charge is 2.23. The Hall–Kier alpha value is -2.64. The van der Waals surface area contributed by atoms with Gasteiger partial charge in [0.2, 0.25) is 5.91 Å². The molecule has 156 valence electrons. The highest BCUT2D eigenvalue weighted by atomic mass is 16.2. The molecule has 0 spiro atoms. The molecule has 1 saturated heterocycles. The van der Waals surface area contributed by atoms with Crippen molar-refractivity contribution in [1.29, 1.82) is 0 Å². The largest absolute Gasteiger partial charge is 0.357 e. The Balaban J connectivity index is 1.47. The van der Waals surface area contributed by atoms with Crippen molar-refractivity contribution in [2.75, 3.05) is 18.0 Å². The van der Waals surface area contributed by atoms with E-state index in [0.717, 1.165) is 44.6 Å². The van der Waals surface area contributed by atoms with Crippen LogP contribution in [0.3, 0.4) is 0 Å². The van der Waals surface area contributed by atoms with Gasteiger partial charge in [-0.3, -0.25) is 20.4 Å². The van der Waals surface area contributed by atoms with Crippen LogP contribution in [-0.2, 0) is 11.8 Å². The average molecular weight is 399 g/mol. The average Bonchev–Trinajstić information content (AvgIpc) is 2.92. The maximum absolute atomic E-state index is 12.7. The normalized spacial score (nSPS) is 18.4. The summed E-state index contributed by atoms with van der Waals surface area (Å²) in [5.41, 5.74) is 6.07. The fourth-order valence-electron chi connectivity index (χ4n) is 4.41. The van der Waals surface area contributed by atoms with Crippen LogP contribution in [0.25, 0.3) is 11.0 Å². The third-order valence-electron chi connectivity index (χ3n) is 6.09. The van der Waals surface area contributed by atoms with Crippen molar-refractivity contribution in [3.8, 4) is 0 Å². The zero-order valence-electron chi connectivity index (χ0n) is 17.1. The van der Waals surface area contributed by atoms with Crippen LogP contribution in [0.2, 0.25) is 0 Å². The number of aryl methyl sites for hydroxylation is 1. The van der Waals surface area contributed by atoms with Gasteiger partial charge < -0.3 is 4.90 Å². The first kappa shape index (κ1) is 19.7. The van der Waals surface area contributed by atoms with E-state index < -0.39 is 5.91 Å². The zero-order valence-corrected chi connectivity index (χ0v) is 17.1. The summed E-state index contributed by atoms with van der Waals surface area (Å²) in [5, 5.41) is 5.05. The van der Waals surface area contributed by atoms with Gasteiger partial charge in [0.1, 0.15) is 5.82 Å². The molecule has 2 N–H and O–H groups in total. The van der Waals surface area contributed by atoms with Gasteiger partial charge in [-0.05, 0) is 37.8 Å². The van der Waals surface area contributed by atoms with Crippen LogP contribution in [-0.4, -0.2) is 39.7 Å². The minimum absolute atomic E-state index is 0.0117. The Bertz CT molecular complexity index is 879. The second kappa shape index (κ2) is 8.80. The summed E-state index contributed by atoms with van der Waals surface area (Å²) in [6, 6.07) is 3.88. The number of aromatic nitrogens is 3. The number of fused-ring (bicyclic) bond motifs is 1. The number of anilines is 1. The van der Waals surface area contributed by atoms with Crippen molar-refractivity contribution in [3.63, 3.8) is 0 Å². The Labute approximate surface area is 171 Å². The second-order valence-corrected chi connectivity index (χ2v) is 8.19. The number of hydrogen-bond acceptors (Lipinski definition) is 5. The van der Waals surface area contributed by atoms with Gasteiger partial charge in [-0.15, -0.1) is 0 Å². The van der Waals surface area contributed by atoms with Crippen LogP contribution in [0.1, 0.15) is 68.3 Å². The van der Waals surface area contributed by atoms with E-state index in [1.165, 1.54) is 32.1 Å². The molecule has 0 atom stereocenters. The van der Waals surface area contributed by atoms with E-state index >= 15 is 0 Å². The van der Waals surface area contributed by atoms with Crippen LogP contribution >= 0.6 is 0 Å². The molecule has 2 fully saturated rings. The minimum atomic E-state index is -0.413. The molecule has 1 aliphatic heterocycles. The zero-order chi connectivity index (χ0) is 20.2. The van der Waals surface area contributed by atoms with Gasteiger partial charge in [-0.2, -0.15) is 5.10 Å². The number of carbonyl (C=O) groups is 2. The van der Waals surface area contributed by atoms with Crippen LogP contribution in [0.4, 0.5) is 5.82 Å². The Morgan fingerprint density at radius 1 is 0.966 bits per heavy atom. The van der Waals surface area contributed by atoms with Gasteiger partial charge in [0.25, 0.3) is 5.91 Å². The first-order valence-electron chi connectivity index (χ1n) is 10.8. The summed E-state index contributed by atoms with van der Waals surface area (Å²) >= 11 is 0. The standard InChI is InChI=1S/C21H30N6O2/c1-26-19-16(11-12-17(22-19)27-13-7-2-3-8-14-27)18(25-26)21(29)24-23-20(28)15-9-5-4-6-10-15/h11-12,15H,2-10,13-14H2,1H3,(H,23,28)(H,24,29). The number of nitrogens with one attached hydrogen (secondary N) is 2. The van der Waals surface area contributed by atoms with Gasteiger partial charge in [0.15, 0.2) is 11.3 Å². The molecule has 0 radical (unpaired) electrons. The number of hydrogen-bond donors (Lipinski definition) is 2. The second-order valence-electron chi connectivity index (χ2n) is 8.19. The summed E-state index contributed by atoms with van der Waals surface area (Å²) in [6.07, 6.45) is 9.99. The Morgan fingerprint density at radius 2 is 1.66 bits per heavy atom. The summed E-state index contributed by atoms with van der Waals surface area (Å²) in [7, 11) is 1.79. The molecule has 4 rings (SSSR count). The van der Waals surface area contributed by atoms with Gasteiger partial charge in [-0.1, -0.05) is 32.1 Å². The Kier molecular flexibility index (Phi) is 5.97. The maximum Gasteiger partial charge on any atom is 0.290 e. The highest BCUT2D eigenvalue weighted by Crippen LogP contribution is 2.24. The van der Waals surface area contributed by atoms with Crippen molar-refractivity contribution in [3.05, 3.63) is 17.8 Å². The quantitative estimate of drug-likeness (QED) is 0.776. The van der Waals surface area contributed by atoms with Crippen molar-refractivity contribution >= 4 is 28.7 Å². The van der Waals surface area contributed by atoms with Crippen LogP contribution in [0.5, 0.6) is 0 Å². The lowest BCUT2D eigenvalue weighted by Crippen LogP contribution is -2.45. The van der Waals surface area contributed by atoms with E-state index in [4.69, 9.17) is 4.98 Å². The number of pyridine rings is 1. The molecule has 8 nitrogen and oxygen atoms in total. The molecule has 8 heteroatoms. The first-order valence-corrected chi connectivity index (χ1v) is 10.8. The number of hydrazine groups is 1. The maximum atomic E-state index is 12.7. The highest BCUT2D eigenvalue weighted by molar-refractivity contribution is 6.04. The Morgan fingerprint density at radius 3 is 2.38 bits per heavy atom. The molecule has 0 unspecified atom stereocenters. The smallest absolute Gasteiger partial charge is 0.290 e. The molecule has 29 heavy (non-hydrogen) atoms. The molecule has 2 aromatic rings. The number of amides is 2. The van der Waals surface area contributed by atoms with Gasteiger partial charge in [0.05, 0.1) is 5.39 Å². The first-order chi connectivity index (χ1) is 14.1. The number of rotatable bonds is 3. The lowest BCUT2D eigenvalue weighted by Gasteiger charge is -2.21. The lowest BCUT2D eigenvalue weighted by atomic mass is 9.89. The van der Waals surface area contributed by atoms with Gasteiger partial charge in [-0.25, -0.2) is 9.67 Å². The molecular formula is C21H30N6O2. The minimum Gasteiger partial charge on any atom is -0.357 e. The van der Waals surface area contributed by atoms with Crippen LogP contribution in [0, 0.1) is 5.92 Å². The predicted molar refractivity (Wildman–Crippen MR) is 111 cm³/mol. The topological polar surface area (TPSA) is 92.2 Å². The van der Waals surface area contributed by atoms with Crippen LogP contribution < -0.4 is 15.8 Å². The molecule has 2 aliphatic rings. The summed E-state index contributed by atoms with van der Waals surface area (Å²) in [5.74, 6) is 0.395. The molecule has 2 amide bonds.